The molecule has 0 aliphatic carbocycles. The van der Waals surface area contributed by atoms with E-state index in [1.54, 1.807) is 0 Å². The van der Waals surface area contributed by atoms with Crippen LogP contribution in [0.3, 0.4) is 0 Å². The van der Waals surface area contributed by atoms with Crippen molar-refractivity contribution in [3.8, 4) is 0 Å². The quantitative estimate of drug-likeness (QED) is 0.923. The minimum Gasteiger partial charge on any atom is -0.343 e. The van der Waals surface area contributed by atoms with Gasteiger partial charge in [-0.25, -0.2) is 0 Å². The summed E-state index contributed by atoms with van der Waals surface area (Å²) in [5, 5.41) is 3.42. The second kappa shape index (κ2) is 7.08. The first-order valence-corrected chi connectivity index (χ1v) is 8.36. The molecule has 3 heteroatoms. The van der Waals surface area contributed by atoms with Gasteiger partial charge in [0.25, 0.3) is 0 Å². The van der Waals surface area contributed by atoms with Crippen LogP contribution in [0.1, 0.15) is 37.7 Å². The molecule has 3 nitrogen and oxygen atoms in total. The van der Waals surface area contributed by atoms with Crippen molar-refractivity contribution in [3.05, 3.63) is 35.9 Å². The maximum atomic E-state index is 12.3. The van der Waals surface area contributed by atoms with Gasteiger partial charge >= 0.3 is 0 Å². The molecule has 21 heavy (non-hydrogen) atoms. The second-order valence-electron chi connectivity index (χ2n) is 6.51. The molecule has 2 aliphatic heterocycles. The third-order valence-corrected chi connectivity index (χ3v) is 4.92. The van der Waals surface area contributed by atoms with Crippen LogP contribution in [0.5, 0.6) is 0 Å². The Labute approximate surface area is 127 Å². The Balaban J connectivity index is 1.43. The van der Waals surface area contributed by atoms with Crippen LogP contribution >= 0.6 is 0 Å². The lowest BCUT2D eigenvalue weighted by Crippen LogP contribution is -2.41. The number of rotatable bonds is 4. The summed E-state index contributed by atoms with van der Waals surface area (Å²) in [6, 6.07) is 11.2. The third-order valence-electron chi connectivity index (χ3n) is 4.92. The summed E-state index contributed by atoms with van der Waals surface area (Å²) >= 11 is 0. The van der Waals surface area contributed by atoms with E-state index in [2.05, 4.69) is 40.5 Å². The van der Waals surface area contributed by atoms with E-state index >= 15 is 0 Å². The highest BCUT2D eigenvalue weighted by molar-refractivity contribution is 5.77. The van der Waals surface area contributed by atoms with E-state index in [9.17, 15) is 4.79 Å². The molecule has 0 radical (unpaired) electrons. The van der Waals surface area contributed by atoms with Crippen molar-refractivity contribution in [1.82, 2.24) is 10.2 Å². The lowest BCUT2D eigenvalue weighted by atomic mass is 9.90. The van der Waals surface area contributed by atoms with Gasteiger partial charge in [0.1, 0.15) is 0 Å². The van der Waals surface area contributed by atoms with Gasteiger partial charge in [0.15, 0.2) is 0 Å². The van der Waals surface area contributed by atoms with Crippen molar-refractivity contribution in [2.45, 2.75) is 44.6 Å². The van der Waals surface area contributed by atoms with Crippen LogP contribution in [0.4, 0.5) is 0 Å². The molecule has 114 valence electrons. The van der Waals surface area contributed by atoms with Crippen LogP contribution in [0.15, 0.2) is 30.3 Å². The van der Waals surface area contributed by atoms with Crippen LogP contribution in [0, 0.1) is 5.92 Å². The largest absolute Gasteiger partial charge is 0.343 e. The minimum atomic E-state index is 0.354. The zero-order valence-electron chi connectivity index (χ0n) is 12.8. The molecule has 0 spiro atoms. The van der Waals surface area contributed by atoms with E-state index in [0.29, 0.717) is 18.4 Å². The molecule has 0 saturated carbocycles. The molecule has 1 amide bonds. The Hall–Kier alpha value is -1.35. The monoisotopic (exact) mass is 286 g/mol. The fourth-order valence-corrected chi connectivity index (χ4v) is 3.60. The van der Waals surface area contributed by atoms with Gasteiger partial charge in [-0.2, -0.15) is 0 Å². The number of likely N-dealkylation sites (tertiary alicyclic amines) is 1. The predicted molar refractivity (Wildman–Crippen MR) is 85.1 cm³/mol. The Bertz CT molecular complexity index is 446. The number of carbonyl (C=O) groups is 1. The Morgan fingerprint density at radius 1 is 1.14 bits per heavy atom. The standard InChI is InChI=1S/C18H26N2O/c21-18(14-17-7-4-10-19-17)20-11-8-16(9-12-20)13-15-5-2-1-3-6-15/h1-3,5-6,16-17,19H,4,7-14H2. The third kappa shape index (κ3) is 4.07. The molecule has 2 saturated heterocycles. The Morgan fingerprint density at radius 2 is 1.90 bits per heavy atom. The summed E-state index contributed by atoms with van der Waals surface area (Å²) < 4.78 is 0. The van der Waals surface area contributed by atoms with Gasteiger partial charge in [-0.05, 0) is 50.1 Å². The van der Waals surface area contributed by atoms with Gasteiger partial charge in [0.05, 0.1) is 0 Å². The molecule has 1 aromatic rings. The summed E-state index contributed by atoms with van der Waals surface area (Å²) in [5.41, 5.74) is 1.43. The van der Waals surface area contributed by atoms with E-state index in [4.69, 9.17) is 0 Å². The average Bonchev–Trinajstić information content (AvgIpc) is 3.02. The molecule has 1 atom stereocenters. The van der Waals surface area contributed by atoms with E-state index in [1.807, 2.05) is 0 Å². The van der Waals surface area contributed by atoms with Crippen molar-refractivity contribution < 1.29 is 4.79 Å². The maximum Gasteiger partial charge on any atom is 0.224 e. The molecule has 0 bridgehead atoms. The SMILES string of the molecule is O=C(CC1CCCN1)N1CCC(Cc2ccccc2)CC1. The van der Waals surface area contributed by atoms with E-state index < -0.39 is 0 Å². The molecular formula is C18H26N2O. The summed E-state index contributed by atoms with van der Waals surface area (Å²) in [6.07, 6.45) is 6.54. The first-order chi connectivity index (χ1) is 10.3. The van der Waals surface area contributed by atoms with Crippen molar-refractivity contribution in [1.29, 1.82) is 0 Å². The highest BCUT2D eigenvalue weighted by Gasteiger charge is 2.25. The summed E-state index contributed by atoms with van der Waals surface area (Å²) in [6.45, 7) is 2.98. The van der Waals surface area contributed by atoms with Crippen molar-refractivity contribution in [2.24, 2.45) is 5.92 Å². The number of amides is 1. The molecule has 0 aromatic heterocycles. The van der Waals surface area contributed by atoms with Crippen LogP contribution in [-0.2, 0) is 11.2 Å². The van der Waals surface area contributed by atoms with Gasteiger partial charge in [0, 0.05) is 25.6 Å². The molecule has 1 unspecified atom stereocenters. The zero-order valence-corrected chi connectivity index (χ0v) is 12.8. The first-order valence-electron chi connectivity index (χ1n) is 8.36. The molecule has 1 N–H and O–H groups in total. The lowest BCUT2D eigenvalue weighted by molar-refractivity contribution is -0.133. The first kappa shape index (κ1) is 14.6. The van der Waals surface area contributed by atoms with Gasteiger partial charge in [0.2, 0.25) is 5.91 Å². The summed E-state index contributed by atoms with van der Waals surface area (Å²) in [5.74, 6) is 1.09. The molecule has 2 heterocycles. The molecule has 2 fully saturated rings. The minimum absolute atomic E-state index is 0.354. The van der Waals surface area contributed by atoms with Crippen molar-refractivity contribution in [3.63, 3.8) is 0 Å². The molecule has 1 aromatic carbocycles. The van der Waals surface area contributed by atoms with Crippen LogP contribution in [-0.4, -0.2) is 36.5 Å². The zero-order chi connectivity index (χ0) is 14.5. The number of hydrogen-bond acceptors (Lipinski definition) is 2. The molecule has 2 aliphatic rings. The molecular weight excluding hydrogens is 260 g/mol. The summed E-state index contributed by atoms with van der Waals surface area (Å²) in [7, 11) is 0. The normalized spacial score (nSPS) is 23.4. The van der Waals surface area contributed by atoms with Crippen molar-refractivity contribution in [2.75, 3.05) is 19.6 Å². The number of piperidine rings is 1. The highest BCUT2D eigenvalue weighted by atomic mass is 16.2. The smallest absolute Gasteiger partial charge is 0.224 e. The lowest BCUT2D eigenvalue weighted by Gasteiger charge is -2.32. The average molecular weight is 286 g/mol. The fraction of sp³-hybridized carbons (Fsp3) is 0.611. The summed E-state index contributed by atoms with van der Waals surface area (Å²) in [4.78, 5) is 14.4. The number of benzene rings is 1. The Morgan fingerprint density at radius 3 is 2.57 bits per heavy atom. The number of nitrogens with zero attached hydrogens (tertiary/aromatic N) is 1. The van der Waals surface area contributed by atoms with Crippen LogP contribution in [0.2, 0.25) is 0 Å². The topological polar surface area (TPSA) is 32.3 Å². The van der Waals surface area contributed by atoms with Crippen LogP contribution in [0.25, 0.3) is 0 Å². The van der Waals surface area contributed by atoms with E-state index in [1.165, 1.54) is 12.0 Å². The van der Waals surface area contributed by atoms with Gasteiger partial charge in [-0.3, -0.25) is 4.79 Å². The maximum absolute atomic E-state index is 12.3. The molecule has 3 rings (SSSR count). The van der Waals surface area contributed by atoms with Gasteiger partial charge in [-0.1, -0.05) is 30.3 Å². The fourth-order valence-electron chi connectivity index (χ4n) is 3.60. The number of hydrogen-bond donors (Lipinski definition) is 1. The van der Waals surface area contributed by atoms with Gasteiger partial charge in [-0.15, -0.1) is 0 Å². The van der Waals surface area contributed by atoms with Crippen molar-refractivity contribution >= 4 is 5.91 Å². The highest BCUT2D eigenvalue weighted by Crippen LogP contribution is 2.22. The Kier molecular flexibility index (Phi) is 4.91. The van der Waals surface area contributed by atoms with Crippen LogP contribution < -0.4 is 5.32 Å². The van der Waals surface area contributed by atoms with E-state index in [0.717, 1.165) is 51.2 Å². The predicted octanol–water partition coefficient (Wildman–Crippen LogP) is 2.61. The van der Waals surface area contributed by atoms with Gasteiger partial charge < -0.3 is 10.2 Å². The number of carbonyl (C=O) groups excluding carboxylic acids is 1. The number of nitrogens with one attached hydrogen (secondary N) is 1. The second-order valence-corrected chi connectivity index (χ2v) is 6.51. The van der Waals surface area contributed by atoms with E-state index in [-0.39, 0.29) is 0 Å².